The van der Waals surface area contributed by atoms with Crippen LogP contribution in [0.25, 0.3) is 0 Å². The van der Waals surface area contributed by atoms with Crippen molar-refractivity contribution in [3.05, 3.63) is 53.9 Å². The van der Waals surface area contributed by atoms with E-state index in [1.165, 1.54) is 5.56 Å². The molecular weight excluding hydrogens is 200 g/mol. The van der Waals surface area contributed by atoms with Crippen LogP contribution < -0.4 is 11.1 Å². The highest BCUT2D eigenvalue weighted by Crippen LogP contribution is 2.20. The van der Waals surface area contributed by atoms with Crippen LogP contribution in [0, 0.1) is 0 Å². The number of benzene rings is 1. The van der Waals surface area contributed by atoms with Crippen LogP contribution in [0.3, 0.4) is 0 Å². The second kappa shape index (κ2) is 5.44. The lowest BCUT2D eigenvalue weighted by Gasteiger charge is -2.17. The van der Waals surface area contributed by atoms with Crippen molar-refractivity contribution in [3.63, 3.8) is 0 Å². The Hall–Kier alpha value is -1.65. The fourth-order valence-electron chi connectivity index (χ4n) is 1.72. The average molecular weight is 216 g/mol. The van der Waals surface area contributed by atoms with E-state index >= 15 is 0 Å². The zero-order chi connectivity index (χ0) is 11.2. The normalized spacial score (nSPS) is 12.6. The van der Waals surface area contributed by atoms with Gasteiger partial charge in [-0.05, 0) is 5.56 Å². The van der Waals surface area contributed by atoms with Gasteiger partial charge in [0.15, 0.2) is 0 Å². The van der Waals surface area contributed by atoms with Gasteiger partial charge in [0.2, 0.25) is 0 Å². The Morgan fingerprint density at radius 1 is 1.25 bits per heavy atom. The van der Waals surface area contributed by atoms with Gasteiger partial charge >= 0.3 is 0 Å². The molecule has 0 aliphatic carbocycles. The fourth-order valence-corrected chi connectivity index (χ4v) is 1.72. The van der Waals surface area contributed by atoms with Gasteiger partial charge in [0.1, 0.15) is 0 Å². The van der Waals surface area contributed by atoms with E-state index in [0.29, 0.717) is 6.54 Å². The largest absolute Gasteiger partial charge is 0.329 e. The minimum atomic E-state index is 0.156. The van der Waals surface area contributed by atoms with Crippen molar-refractivity contribution in [2.45, 2.75) is 6.04 Å². The van der Waals surface area contributed by atoms with E-state index in [4.69, 9.17) is 5.73 Å². The Morgan fingerprint density at radius 2 is 2.06 bits per heavy atom. The highest BCUT2D eigenvalue weighted by molar-refractivity contribution is 5.28. The zero-order valence-corrected chi connectivity index (χ0v) is 9.06. The van der Waals surface area contributed by atoms with Crippen molar-refractivity contribution < 1.29 is 0 Å². The summed E-state index contributed by atoms with van der Waals surface area (Å²) >= 11 is 0. The van der Waals surface area contributed by atoms with Crippen LogP contribution in [0.15, 0.2) is 42.7 Å². The van der Waals surface area contributed by atoms with Crippen molar-refractivity contribution >= 4 is 0 Å². The van der Waals surface area contributed by atoms with Crippen LogP contribution in [-0.2, 0) is 0 Å². The second-order valence-electron chi connectivity index (χ2n) is 3.62. The maximum absolute atomic E-state index is 5.52. The van der Waals surface area contributed by atoms with Crippen molar-refractivity contribution in [2.24, 2.45) is 5.73 Å². The Labute approximate surface area is 94.9 Å². The highest BCUT2D eigenvalue weighted by Gasteiger charge is 2.13. The first-order valence-electron chi connectivity index (χ1n) is 5.39. The van der Waals surface area contributed by atoms with E-state index in [0.717, 1.165) is 12.1 Å². The third-order valence-electron chi connectivity index (χ3n) is 2.48. The molecule has 2 aromatic rings. The first kappa shape index (κ1) is 10.9. The standard InChI is InChI=1S/C12H16N4/c13-6-7-14-12(11-8-15-16-9-11)10-4-2-1-3-5-10/h1-5,8-9,12,14H,6-7,13H2,(H,15,16). The lowest BCUT2D eigenvalue weighted by atomic mass is 10.0. The molecule has 16 heavy (non-hydrogen) atoms. The lowest BCUT2D eigenvalue weighted by Crippen LogP contribution is -2.27. The summed E-state index contributed by atoms with van der Waals surface area (Å²) in [7, 11) is 0. The van der Waals surface area contributed by atoms with Gasteiger partial charge < -0.3 is 11.1 Å². The molecule has 0 fully saturated rings. The number of aromatic amines is 1. The molecule has 1 aromatic carbocycles. The molecule has 1 heterocycles. The average Bonchev–Trinajstić information content (AvgIpc) is 2.85. The van der Waals surface area contributed by atoms with Crippen LogP contribution in [0.5, 0.6) is 0 Å². The molecule has 0 radical (unpaired) electrons. The van der Waals surface area contributed by atoms with Gasteiger partial charge in [-0.25, -0.2) is 0 Å². The van der Waals surface area contributed by atoms with Gasteiger partial charge in [0, 0.05) is 24.8 Å². The van der Waals surface area contributed by atoms with E-state index in [1.807, 2.05) is 30.6 Å². The molecule has 2 rings (SSSR count). The molecular formula is C12H16N4. The van der Waals surface area contributed by atoms with Crippen molar-refractivity contribution in [2.75, 3.05) is 13.1 Å². The van der Waals surface area contributed by atoms with Crippen LogP contribution in [-0.4, -0.2) is 23.3 Å². The van der Waals surface area contributed by atoms with Crippen LogP contribution >= 0.6 is 0 Å². The first-order chi connectivity index (χ1) is 7.92. The summed E-state index contributed by atoms with van der Waals surface area (Å²) in [5.41, 5.74) is 7.87. The molecule has 4 heteroatoms. The van der Waals surface area contributed by atoms with E-state index in [-0.39, 0.29) is 6.04 Å². The molecule has 0 aliphatic rings. The van der Waals surface area contributed by atoms with Gasteiger partial charge in [-0.3, -0.25) is 5.10 Å². The van der Waals surface area contributed by atoms with E-state index < -0.39 is 0 Å². The third-order valence-corrected chi connectivity index (χ3v) is 2.48. The van der Waals surface area contributed by atoms with E-state index in [9.17, 15) is 0 Å². The fraction of sp³-hybridized carbons (Fsp3) is 0.250. The van der Waals surface area contributed by atoms with Crippen molar-refractivity contribution in [1.29, 1.82) is 0 Å². The van der Waals surface area contributed by atoms with Gasteiger partial charge in [-0.1, -0.05) is 30.3 Å². The minimum Gasteiger partial charge on any atom is -0.329 e. The molecule has 0 saturated carbocycles. The number of H-pyrrole nitrogens is 1. The Kier molecular flexibility index (Phi) is 3.69. The Morgan fingerprint density at radius 3 is 2.69 bits per heavy atom. The molecule has 1 unspecified atom stereocenters. The van der Waals surface area contributed by atoms with Gasteiger partial charge in [-0.15, -0.1) is 0 Å². The SMILES string of the molecule is NCCNC(c1ccccc1)c1cn[nH]c1. The summed E-state index contributed by atoms with van der Waals surface area (Å²) in [6.45, 7) is 1.41. The Balaban J connectivity index is 2.21. The number of hydrogen-bond acceptors (Lipinski definition) is 3. The van der Waals surface area contributed by atoms with Gasteiger partial charge in [0.05, 0.1) is 12.2 Å². The molecule has 0 spiro atoms. The monoisotopic (exact) mass is 216 g/mol. The number of nitrogens with zero attached hydrogens (tertiary/aromatic N) is 1. The summed E-state index contributed by atoms with van der Waals surface area (Å²) in [5, 5.41) is 10.2. The quantitative estimate of drug-likeness (QED) is 0.699. The smallest absolute Gasteiger partial charge is 0.0608 e. The van der Waals surface area contributed by atoms with Gasteiger partial charge in [0.25, 0.3) is 0 Å². The summed E-state index contributed by atoms with van der Waals surface area (Å²) < 4.78 is 0. The summed E-state index contributed by atoms with van der Waals surface area (Å²) in [6, 6.07) is 10.4. The zero-order valence-electron chi connectivity index (χ0n) is 9.06. The van der Waals surface area contributed by atoms with Crippen molar-refractivity contribution in [1.82, 2.24) is 15.5 Å². The van der Waals surface area contributed by atoms with Crippen LogP contribution in [0.2, 0.25) is 0 Å². The molecule has 0 amide bonds. The molecule has 1 aromatic heterocycles. The van der Waals surface area contributed by atoms with E-state index in [2.05, 4.69) is 27.6 Å². The molecule has 4 N–H and O–H groups in total. The van der Waals surface area contributed by atoms with Gasteiger partial charge in [-0.2, -0.15) is 5.10 Å². The number of rotatable bonds is 5. The summed E-state index contributed by atoms with van der Waals surface area (Å²) in [5.74, 6) is 0. The second-order valence-corrected chi connectivity index (χ2v) is 3.62. The summed E-state index contributed by atoms with van der Waals surface area (Å²) in [4.78, 5) is 0. The number of nitrogens with one attached hydrogen (secondary N) is 2. The van der Waals surface area contributed by atoms with Crippen LogP contribution in [0.1, 0.15) is 17.2 Å². The van der Waals surface area contributed by atoms with E-state index in [1.54, 1.807) is 0 Å². The molecule has 0 bridgehead atoms. The number of nitrogens with two attached hydrogens (primary N) is 1. The molecule has 84 valence electrons. The maximum Gasteiger partial charge on any atom is 0.0608 e. The molecule has 4 nitrogen and oxygen atoms in total. The minimum absolute atomic E-state index is 0.156. The predicted molar refractivity (Wildman–Crippen MR) is 63.9 cm³/mol. The number of aromatic nitrogens is 2. The number of hydrogen-bond donors (Lipinski definition) is 3. The van der Waals surface area contributed by atoms with Crippen LogP contribution in [0.4, 0.5) is 0 Å². The lowest BCUT2D eigenvalue weighted by molar-refractivity contribution is 0.612. The topological polar surface area (TPSA) is 66.7 Å². The molecule has 0 aliphatic heterocycles. The maximum atomic E-state index is 5.52. The highest BCUT2D eigenvalue weighted by atomic mass is 15.1. The first-order valence-corrected chi connectivity index (χ1v) is 5.39. The molecule has 0 saturated heterocycles. The van der Waals surface area contributed by atoms with Crippen molar-refractivity contribution in [3.8, 4) is 0 Å². The predicted octanol–water partition coefficient (Wildman–Crippen LogP) is 1.05. The third kappa shape index (κ3) is 2.48. The molecule has 1 atom stereocenters. The Bertz CT molecular complexity index is 396. The summed E-state index contributed by atoms with van der Waals surface area (Å²) in [6.07, 6.45) is 3.74.